The van der Waals surface area contributed by atoms with Crippen LogP contribution in [0.3, 0.4) is 0 Å². The van der Waals surface area contributed by atoms with Crippen LogP contribution in [0.2, 0.25) is 5.02 Å². The molecule has 0 saturated heterocycles. The van der Waals surface area contributed by atoms with Crippen LogP contribution in [0.25, 0.3) is 11.3 Å². The largest absolute Gasteiger partial charge is 0.322 e. The third-order valence-electron chi connectivity index (χ3n) is 4.78. The number of thioether (sulfide) groups is 1. The number of carbonyl (C=O) groups is 2. The maximum absolute atomic E-state index is 13.0. The molecule has 1 aromatic heterocycles. The van der Waals surface area contributed by atoms with E-state index >= 15 is 0 Å². The van der Waals surface area contributed by atoms with Gasteiger partial charge in [0.2, 0.25) is 5.91 Å². The van der Waals surface area contributed by atoms with Crippen molar-refractivity contribution in [2.75, 3.05) is 10.6 Å². The molecule has 0 aliphatic carbocycles. The molecule has 0 spiro atoms. The van der Waals surface area contributed by atoms with Crippen molar-refractivity contribution in [3.05, 3.63) is 94.6 Å². The summed E-state index contributed by atoms with van der Waals surface area (Å²) < 4.78 is 13.0. The predicted octanol–water partition coefficient (Wildman–Crippen LogP) is 6.97. The van der Waals surface area contributed by atoms with Crippen LogP contribution in [0.5, 0.6) is 0 Å². The van der Waals surface area contributed by atoms with E-state index in [0.29, 0.717) is 27.1 Å². The van der Waals surface area contributed by atoms with Gasteiger partial charge >= 0.3 is 0 Å². The number of nitrogens with zero attached hydrogens (tertiary/aromatic N) is 1. The van der Waals surface area contributed by atoms with E-state index in [9.17, 15) is 14.0 Å². The Morgan fingerprint density at radius 1 is 1.00 bits per heavy atom. The summed E-state index contributed by atoms with van der Waals surface area (Å²) >= 11 is 8.96. The fraction of sp³-hybridized carbons (Fsp3) is 0.0800. The molecule has 0 saturated carbocycles. The summed E-state index contributed by atoms with van der Waals surface area (Å²) in [5.41, 5.74) is 2.50. The summed E-state index contributed by atoms with van der Waals surface area (Å²) in [5.74, 6) is -0.890. The summed E-state index contributed by atoms with van der Waals surface area (Å²) in [6.07, 6.45) is 0. The lowest BCUT2D eigenvalue weighted by Gasteiger charge is -2.11. The molecule has 34 heavy (non-hydrogen) atoms. The SMILES string of the molecule is CC(Sc1ccc(NC(=O)c2ccc(F)cc2)cc1)C(=O)Nc1nc(-c2ccccc2Cl)cs1. The van der Waals surface area contributed by atoms with Crippen LogP contribution in [0.15, 0.2) is 83.1 Å². The van der Waals surface area contributed by atoms with E-state index in [2.05, 4.69) is 15.6 Å². The van der Waals surface area contributed by atoms with Crippen LogP contribution >= 0.6 is 34.7 Å². The van der Waals surface area contributed by atoms with E-state index in [1.54, 1.807) is 18.2 Å². The number of thiazole rings is 1. The molecule has 172 valence electrons. The van der Waals surface area contributed by atoms with Crippen LogP contribution in [0, 0.1) is 5.82 Å². The first-order valence-corrected chi connectivity index (χ1v) is 12.4. The van der Waals surface area contributed by atoms with Crippen molar-refractivity contribution in [3.8, 4) is 11.3 Å². The molecule has 5 nitrogen and oxygen atoms in total. The second-order valence-electron chi connectivity index (χ2n) is 7.25. The standard InChI is InChI=1S/C25H19ClFN3O2S2/c1-15(23(31)30-25-29-22(14-33-25)20-4-2-3-5-21(20)26)34-19-12-10-18(11-13-19)28-24(32)16-6-8-17(27)9-7-16/h2-15H,1H3,(H,28,32)(H,29,30,31). The molecular weight excluding hydrogens is 493 g/mol. The van der Waals surface area contributed by atoms with E-state index in [1.807, 2.05) is 42.6 Å². The molecule has 0 bridgehead atoms. The number of benzene rings is 3. The van der Waals surface area contributed by atoms with Crippen molar-refractivity contribution < 1.29 is 14.0 Å². The molecule has 0 aliphatic rings. The molecule has 9 heteroatoms. The van der Waals surface area contributed by atoms with E-state index in [-0.39, 0.29) is 17.1 Å². The fourth-order valence-corrected chi connectivity index (χ4v) is 4.82. The van der Waals surface area contributed by atoms with Gasteiger partial charge in [0, 0.05) is 32.1 Å². The van der Waals surface area contributed by atoms with Crippen LogP contribution in [-0.4, -0.2) is 22.0 Å². The molecule has 0 fully saturated rings. The van der Waals surface area contributed by atoms with Crippen LogP contribution in [0.1, 0.15) is 17.3 Å². The Hall–Kier alpha value is -3.20. The Kier molecular flexibility index (Phi) is 7.62. The molecule has 0 radical (unpaired) electrons. The van der Waals surface area contributed by atoms with Gasteiger partial charge < -0.3 is 10.6 Å². The second-order valence-corrected chi connectivity index (χ2v) is 9.93. The molecule has 0 aliphatic heterocycles. The lowest BCUT2D eigenvalue weighted by molar-refractivity contribution is -0.115. The Bertz CT molecular complexity index is 1310. The van der Waals surface area contributed by atoms with Crippen molar-refractivity contribution in [1.29, 1.82) is 0 Å². The highest BCUT2D eigenvalue weighted by Crippen LogP contribution is 2.31. The highest BCUT2D eigenvalue weighted by Gasteiger charge is 2.17. The summed E-state index contributed by atoms with van der Waals surface area (Å²) in [7, 11) is 0. The number of halogens is 2. The first-order chi connectivity index (χ1) is 16.4. The van der Waals surface area contributed by atoms with Gasteiger partial charge in [-0.15, -0.1) is 23.1 Å². The minimum absolute atomic E-state index is 0.168. The van der Waals surface area contributed by atoms with Gasteiger partial charge in [-0.3, -0.25) is 9.59 Å². The van der Waals surface area contributed by atoms with Gasteiger partial charge in [-0.2, -0.15) is 0 Å². The van der Waals surface area contributed by atoms with Crippen molar-refractivity contribution in [3.63, 3.8) is 0 Å². The molecule has 2 N–H and O–H groups in total. The second kappa shape index (κ2) is 10.8. The van der Waals surface area contributed by atoms with Gasteiger partial charge in [0.1, 0.15) is 5.82 Å². The van der Waals surface area contributed by atoms with Crippen LogP contribution < -0.4 is 10.6 Å². The van der Waals surface area contributed by atoms with E-state index in [1.165, 1.54) is 47.4 Å². The van der Waals surface area contributed by atoms with Crippen LogP contribution in [-0.2, 0) is 4.79 Å². The van der Waals surface area contributed by atoms with Crippen LogP contribution in [0.4, 0.5) is 15.2 Å². The summed E-state index contributed by atoms with van der Waals surface area (Å²) in [5, 5.41) is 8.22. The summed E-state index contributed by atoms with van der Waals surface area (Å²) in [6, 6.07) is 19.9. The summed E-state index contributed by atoms with van der Waals surface area (Å²) in [6.45, 7) is 1.81. The smallest absolute Gasteiger partial charge is 0.255 e. The zero-order valence-corrected chi connectivity index (χ0v) is 20.3. The Balaban J connectivity index is 1.32. The van der Waals surface area contributed by atoms with Gasteiger partial charge in [-0.25, -0.2) is 9.37 Å². The number of carbonyl (C=O) groups excluding carboxylic acids is 2. The average molecular weight is 512 g/mol. The normalized spacial score (nSPS) is 11.6. The number of amides is 2. The first kappa shape index (κ1) is 23.9. The minimum atomic E-state index is -0.396. The number of nitrogens with one attached hydrogen (secondary N) is 2. The zero-order chi connectivity index (χ0) is 24.1. The van der Waals surface area contributed by atoms with E-state index in [4.69, 9.17) is 11.6 Å². The fourth-order valence-electron chi connectivity index (χ4n) is 3.01. The molecule has 4 rings (SSSR count). The monoisotopic (exact) mass is 511 g/mol. The summed E-state index contributed by atoms with van der Waals surface area (Å²) in [4.78, 5) is 30.3. The molecule has 3 aromatic carbocycles. The topological polar surface area (TPSA) is 71.1 Å². The maximum atomic E-state index is 13.0. The Morgan fingerprint density at radius 2 is 1.71 bits per heavy atom. The first-order valence-electron chi connectivity index (χ1n) is 10.2. The van der Waals surface area contributed by atoms with E-state index in [0.717, 1.165) is 10.5 Å². The molecule has 4 aromatic rings. The van der Waals surface area contributed by atoms with Crippen molar-refractivity contribution in [2.45, 2.75) is 17.1 Å². The molecule has 1 unspecified atom stereocenters. The lowest BCUT2D eigenvalue weighted by Crippen LogP contribution is -2.22. The Morgan fingerprint density at radius 3 is 2.41 bits per heavy atom. The Labute approximate surface area is 209 Å². The van der Waals surface area contributed by atoms with Crippen molar-refractivity contribution >= 4 is 57.3 Å². The number of aromatic nitrogens is 1. The third kappa shape index (κ3) is 6.02. The molecular formula is C25H19ClFN3O2S2. The maximum Gasteiger partial charge on any atom is 0.255 e. The van der Waals surface area contributed by atoms with Gasteiger partial charge in [0.05, 0.1) is 10.9 Å². The number of rotatable bonds is 7. The zero-order valence-electron chi connectivity index (χ0n) is 17.9. The highest BCUT2D eigenvalue weighted by molar-refractivity contribution is 8.00. The average Bonchev–Trinajstić information content (AvgIpc) is 3.29. The molecule has 1 heterocycles. The number of hydrogen-bond acceptors (Lipinski definition) is 5. The van der Waals surface area contributed by atoms with Gasteiger partial charge in [0.15, 0.2) is 5.13 Å². The van der Waals surface area contributed by atoms with Gasteiger partial charge in [0.25, 0.3) is 5.91 Å². The van der Waals surface area contributed by atoms with E-state index < -0.39 is 5.82 Å². The van der Waals surface area contributed by atoms with Crippen molar-refractivity contribution in [2.24, 2.45) is 0 Å². The van der Waals surface area contributed by atoms with Gasteiger partial charge in [-0.1, -0.05) is 29.8 Å². The van der Waals surface area contributed by atoms with Crippen molar-refractivity contribution in [1.82, 2.24) is 4.98 Å². The predicted molar refractivity (Wildman–Crippen MR) is 137 cm³/mol. The number of hydrogen-bond donors (Lipinski definition) is 2. The highest BCUT2D eigenvalue weighted by atomic mass is 35.5. The minimum Gasteiger partial charge on any atom is -0.322 e. The number of anilines is 2. The lowest BCUT2D eigenvalue weighted by atomic mass is 10.2. The van der Waals surface area contributed by atoms with Gasteiger partial charge in [-0.05, 0) is 61.5 Å². The molecule has 1 atom stereocenters. The third-order valence-corrected chi connectivity index (χ3v) is 6.98. The quantitative estimate of drug-likeness (QED) is 0.263. The molecule has 2 amide bonds.